The quantitative estimate of drug-likeness (QED) is 0.806. The summed E-state index contributed by atoms with van der Waals surface area (Å²) in [5.74, 6) is 1.09. The molecule has 25 heavy (non-hydrogen) atoms. The molecule has 0 radical (unpaired) electrons. The van der Waals surface area contributed by atoms with E-state index in [-0.39, 0.29) is 23.3 Å². The molecule has 0 aliphatic heterocycles. The average Bonchev–Trinajstić information content (AvgIpc) is 2.48. The maximum absolute atomic E-state index is 12.0. The standard InChI is InChI=1S/C21H32N2O2/c1-15-11-17(13-21(5,6)12-15)22-23-19(24)14-25-18-9-7-16(8-10-18)20(2,3)4/h7-10,15H,11-14H2,1-6H3,(H,23,24)/b22-17-/t15-/m1/s1. The molecule has 1 aromatic carbocycles. The fourth-order valence-electron chi connectivity index (χ4n) is 3.57. The molecule has 1 aliphatic carbocycles. The number of nitrogens with zero attached hydrogens (tertiary/aromatic N) is 1. The molecule has 1 saturated carbocycles. The van der Waals surface area contributed by atoms with Crippen LogP contribution in [0.25, 0.3) is 0 Å². The van der Waals surface area contributed by atoms with Crippen LogP contribution in [0.15, 0.2) is 29.4 Å². The number of benzene rings is 1. The number of amides is 1. The molecule has 4 nitrogen and oxygen atoms in total. The van der Waals surface area contributed by atoms with E-state index in [0.717, 1.165) is 18.6 Å². The van der Waals surface area contributed by atoms with Crippen molar-refractivity contribution in [2.75, 3.05) is 6.61 Å². The van der Waals surface area contributed by atoms with E-state index in [0.29, 0.717) is 11.7 Å². The van der Waals surface area contributed by atoms with Crippen molar-refractivity contribution < 1.29 is 9.53 Å². The third-order valence-electron chi connectivity index (χ3n) is 4.60. The molecular weight excluding hydrogens is 312 g/mol. The van der Waals surface area contributed by atoms with Crippen LogP contribution in [0, 0.1) is 11.3 Å². The Morgan fingerprint density at radius 2 is 1.92 bits per heavy atom. The van der Waals surface area contributed by atoms with Gasteiger partial charge in [0.2, 0.25) is 0 Å². The second-order valence-corrected chi connectivity index (χ2v) is 9.13. The molecule has 0 aromatic heterocycles. The van der Waals surface area contributed by atoms with Crippen LogP contribution in [0.2, 0.25) is 0 Å². The van der Waals surface area contributed by atoms with Crippen LogP contribution < -0.4 is 10.2 Å². The monoisotopic (exact) mass is 344 g/mol. The van der Waals surface area contributed by atoms with Crippen molar-refractivity contribution in [1.29, 1.82) is 0 Å². The summed E-state index contributed by atoms with van der Waals surface area (Å²) < 4.78 is 5.56. The predicted molar refractivity (Wildman–Crippen MR) is 103 cm³/mol. The zero-order valence-corrected chi connectivity index (χ0v) is 16.5. The van der Waals surface area contributed by atoms with Crippen molar-refractivity contribution in [3.63, 3.8) is 0 Å². The van der Waals surface area contributed by atoms with Gasteiger partial charge in [-0.2, -0.15) is 5.10 Å². The lowest BCUT2D eigenvalue weighted by molar-refractivity contribution is -0.123. The highest BCUT2D eigenvalue weighted by Gasteiger charge is 2.29. The summed E-state index contributed by atoms with van der Waals surface area (Å²) in [6.07, 6.45) is 3.10. The summed E-state index contributed by atoms with van der Waals surface area (Å²) in [5.41, 5.74) is 5.32. The summed E-state index contributed by atoms with van der Waals surface area (Å²) in [6.45, 7) is 13.2. The molecule has 1 N–H and O–H groups in total. The number of carbonyl (C=O) groups excluding carboxylic acids is 1. The molecule has 0 spiro atoms. The highest BCUT2D eigenvalue weighted by atomic mass is 16.5. The van der Waals surface area contributed by atoms with E-state index in [1.165, 1.54) is 12.0 Å². The first-order valence-corrected chi connectivity index (χ1v) is 9.13. The number of rotatable bonds is 4. The van der Waals surface area contributed by atoms with Crippen LogP contribution in [0.4, 0.5) is 0 Å². The van der Waals surface area contributed by atoms with Gasteiger partial charge < -0.3 is 4.74 Å². The van der Waals surface area contributed by atoms with Crippen LogP contribution in [-0.2, 0) is 10.2 Å². The van der Waals surface area contributed by atoms with Gasteiger partial charge in [-0.15, -0.1) is 0 Å². The Hall–Kier alpha value is -1.84. The van der Waals surface area contributed by atoms with E-state index >= 15 is 0 Å². The van der Waals surface area contributed by atoms with Crippen molar-refractivity contribution in [3.05, 3.63) is 29.8 Å². The van der Waals surface area contributed by atoms with Gasteiger partial charge in [0.15, 0.2) is 6.61 Å². The summed E-state index contributed by atoms with van der Waals surface area (Å²) in [6, 6.07) is 7.90. The fraction of sp³-hybridized carbons (Fsp3) is 0.619. The molecule has 1 amide bonds. The number of nitrogens with one attached hydrogen (secondary N) is 1. The Morgan fingerprint density at radius 3 is 2.48 bits per heavy atom. The second-order valence-electron chi connectivity index (χ2n) is 9.13. The normalized spacial score (nSPS) is 21.8. The summed E-state index contributed by atoms with van der Waals surface area (Å²) in [7, 11) is 0. The first kappa shape index (κ1) is 19.5. The first-order valence-electron chi connectivity index (χ1n) is 9.13. The van der Waals surface area contributed by atoms with Gasteiger partial charge in [0.1, 0.15) is 5.75 Å². The summed E-state index contributed by atoms with van der Waals surface area (Å²) in [5, 5.41) is 4.32. The van der Waals surface area contributed by atoms with Crippen LogP contribution in [0.1, 0.15) is 66.4 Å². The Morgan fingerprint density at radius 1 is 1.28 bits per heavy atom. The van der Waals surface area contributed by atoms with E-state index < -0.39 is 0 Å². The van der Waals surface area contributed by atoms with Gasteiger partial charge in [-0.25, -0.2) is 5.43 Å². The molecular formula is C21H32N2O2. The lowest BCUT2D eigenvalue weighted by atomic mass is 9.72. The van der Waals surface area contributed by atoms with E-state index in [2.05, 4.69) is 52.1 Å². The SMILES string of the molecule is C[C@@H]1C/C(=N/NC(=O)COc2ccc(C(C)(C)C)cc2)CC(C)(C)C1. The number of carbonyl (C=O) groups is 1. The van der Waals surface area contributed by atoms with Gasteiger partial charge in [-0.1, -0.05) is 53.7 Å². The largest absolute Gasteiger partial charge is 0.484 e. The van der Waals surface area contributed by atoms with E-state index in [4.69, 9.17) is 4.74 Å². The number of hydrogen-bond donors (Lipinski definition) is 1. The van der Waals surface area contributed by atoms with Crippen LogP contribution >= 0.6 is 0 Å². The molecule has 138 valence electrons. The molecule has 2 rings (SSSR count). The number of ether oxygens (including phenoxy) is 1. The molecule has 1 aliphatic rings. The van der Waals surface area contributed by atoms with Crippen molar-refractivity contribution >= 4 is 11.6 Å². The maximum Gasteiger partial charge on any atom is 0.277 e. The number of hydrogen-bond acceptors (Lipinski definition) is 3. The smallest absolute Gasteiger partial charge is 0.277 e. The third-order valence-corrected chi connectivity index (χ3v) is 4.60. The molecule has 4 heteroatoms. The van der Waals surface area contributed by atoms with Crippen molar-refractivity contribution in [3.8, 4) is 5.75 Å². The van der Waals surface area contributed by atoms with Crippen LogP contribution in [-0.4, -0.2) is 18.2 Å². The van der Waals surface area contributed by atoms with Gasteiger partial charge in [-0.3, -0.25) is 4.79 Å². The summed E-state index contributed by atoms with van der Waals surface area (Å²) >= 11 is 0. The molecule has 0 unspecified atom stereocenters. The predicted octanol–water partition coefficient (Wildman–Crippen LogP) is 4.68. The van der Waals surface area contributed by atoms with Crippen LogP contribution in [0.5, 0.6) is 5.75 Å². The minimum atomic E-state index is -0.219. The van der Waals surface area contributed by atoms with Crippen molar-refractivity contribution in [1.82, 2.24) is 5.43 Å². The third kappa shape index (κ3) is 6.18. The van der Waals surface area contributed by atoms with Gasteiger partial charge in [-0.05, 0) is 53.7 Å². The van der Waals surface area contributed by atoms with E-state index in [1.807, 2.05) is 24.3 Å². The Labute approximate surface area is 152 Å². The van der Waals surface area contributed by atoms with Gasteiger partial charge in [0.05, 0.1) is 0 Å². The molecule has 1 fully saturated rings. The lowest BCUT2D eigenvalue weighted by Gasteiger charge is -2.34. The number of hydrazone groups is 1. The highest BCUT2D eigenvalue weighted by Crippen LogP contribution is 2.36. The van der Waals surface area contributed by atoms with Gasteiger partial charge in [0, 0.05) is 5.71 Å². The summed E-state index contributed by atoms with van der Waals surface area (Å²) in [4.78, 5) is 12.0. The molecule has 1 atom stereocenters. The highest BCUT2D eigenvalue weighted by molar-refractivity contribution is 5.87. The zero-order valence-electron chi connectivity index (χ0n) is 16.5. The van der Waals surface area contributed by atoms with E-state index in [9.17, 15) is 4.79 Å². The Bertz CT molecular complexity index is 624. The molecule has 0 saturated heterocycles. The second kappa shape index (κ2) is 7.59. The Balaban J connectivity index is 1.83. The minimum absolute atomic E-state index is 0.0232. The van der Waals surface area contributed by atoms with Crippen molar-refractivity contribution in [2.24, 2.45) is 16.4 Å². The lowest BCUT2D eigenvalue weighted by Crippen LogP contribution is -2.31. The topological polar surface area (TPSA) is 50.7 Å². The van der Waals surface area contributed by atoms with Crippen LogP contribution in [0.3, 0.4) is 0 Å². The molecule has 1 aromatic rings. The molecule has 0 heterocycles. The minimum Gasteiger partial charge on any atom is -0.484 e. The van der Waals surface area contributed by atoms with Gasteiger partial charge in [0.25, 0.3) is 5.91 Å². The zero-order chi connectivity index (χ0) is 18.7. The van der Waals surface area contributed by atoms with E-state index in [1.54, 1.807) is 0 Å². The first-order chi connectivity index (χ1) is 11.5. The van der Waals surface area contributed by atoms with Crippen molar-refractivity contribution in [2.45, 2.75) is 66.2 Å². The van der Waals surface area contributed by atoms with Gasteiger partial charge >= 0.3 is 0 Å². The fourth-order valence-corrected chi connectivity index (χ4v) is 3.57. The Kier molecular flexibility index (Phi) is 5.91. The average molecular weight is 344 g/mol. The maximum atomic E-state index is 12.0. The molecule has 0 bridgehead atoms.